The lowest BCUT2D eigenvalue weighted by Gasteiger charge is -2.35. The van der Waals surface area contributed by atoms with Gasteiger partial charge in [0.05, 0.1) is 5.92 Å². The van der Waals surface area contributed by atoms with E-state index < -0.39 is 12.0 Å². The fourth-order valence-corrected chi connectivity index (χ4v) is 3.89. The van der Waals surface area contributed by atoms with Crippen molar-refractivity contribution in [2.24, 2.45) is 11.8 Å². The fourth-order valence-electron chi connectivity index (χ4n) is 3.89. The number of ether oxygens (including phenoxy) is 2. The Morgan fingerprint density at radius 2 is 1.70 bits per heavy atom. The second kappa shape index (κ2) is 15.2. The van der Waals surface area contributed by atoms with Crippen molar-refractivity contribution in [2.75, 3.05) is 0 Å². The van der Waals surface area contributed by atoms with Crippen molar-refractivity contribution in [2.45, 2.75) is 123 Å². The van der Waals surface area contributed by atoms with Crippen LogP contribution < -0.4 is 5.32 Å². The number of rotatable bonds is 18. The zero-order chi connectivity index (χ0) is 22.4. The van der Waals surface area contributed by atoms with Crippen molar-refractivity contribution >= 4 is 18.3 Å². The molecule has 0 bridgehead atoms. The summed E-state index contributed by atoms with van der Waals surface area (Å²) >= 11 is 0. The zero-order valence-corrected chi connectivity index (χ0v) is 19.5. The summed E-state index contributed by atoms with van der Waals surface area (Å²) in [5.74, 6) is -0.462. The summed E-state index contributed by atoms with van der Waals surface area (Å²) in [4.78, 5) is 34.9. The first-order chi connectivity index (χ1) is 14.4. The Hall–Kier alpha value is -1.59. The van der Waals surface area contributed by atoms with Gasteiger partial charge in [-0.15, -0.1) is 0 Å². The van der Waals surface area contributed by atoms with Crippen LogP contribution in [-0.4, -0.2) is 36.6 Å². The van der Waals surface area contributed by atoms with Gasteiger partial charge in [0.25, 0.3) is 0 Å². The van der Waals surface area contributed by atoms with Crippen LogP contribution in [0.15, 0.2) is 0 Å². The summed E-state index contributed by atoms with van der Waals surface area (Å²) < 4.78 is 11.0. The van der Waals surface area contributed by atoms with Gasteiger partial charge in [-0.3, -0.25) is 9.59 Å². The van der Waals surface area contributed by atoms with E-state index in [1.165, 1.54) is 44.9 Å². The summed E-state index contributed by atoms with van der Waals surface area (Å²) in [6.07, 6.45) is 13.0. The molecule has 30 heavy (non-hydrogen) atoms. The van der Waals surface area contributed by atoms with E-state index in [1.807, 2.05) is 20.8 Å². The second-order valence-electron chi connectivity index (χ2n) is 9.14. The molecule has 0 aliphatic carbocycles. The number of carbonyl (C=O) groups is 3. The molecule has 1 fully saturated rings. The predicted molar refractivity (Wildman–Crippen MR) is 118 cm³/mol. The molecule has 6 nitrogen and oxygen atoms in total. The van der Waals surface area contributed by atoms with Gasteiger partial charge in [0.1, 0.15) is 18.2 Å². The summed E-state index contributed by atoms with van der Waals surface area (Å²) in [5.41, 5.74) is 0. The maximum absolute atomic E-state index is 12.6. The molecule has 1 rings (SSSR count). The molecular formula is C24H43NO5. The van der Waals surface area contributed by atoms with Crippen molar-refractivity contribution in [1.82, 2.24) is 5.32 Å². The van der Waals surface area contributed by atoms with Gasteiger partial charge >= 0.3 is 11.9 Å². The van der Waals surface area contributed by atoms with Crippen molar-refractivity contribution in [3.8, 4) is 0 Å². The molecule has 2 unspecified atom stereocenters. The van der Waals surface area contributed by atoms with Crippen LogP contribution in [0, 0.1) is 11.8 Å². The van der Waals surface area contributed by atoms with Gasteiger partial charge in [0, 0.05) is 6.42 Å². The van der Waals surface area contributed by atoms with Gasteiger partial charge in [-0.2, -0.15) is 0 Å². The van der Waals surface area contributed by atoms with Crippen LogP contribution in [0.3, 0.4) is 0 Å². The van der Waals surface area contributed by atoms with Gasteiger partial charge in [-0.25, -0.2) is 4.79 Å². The minimum Gasteiger partial charge on any atom is -0.461 e. The molecule has 1 amide bonds. The van der Waals surface area contributed by atoms with Crippen LogP contribution in [0.25, 0.3) is 0 Å². The fraction of sp³-hybridized carbons (Fsp3) is 0.875. The largest absolute Gasteiger partial charge is 0.461 e. The molecule has 1 N–H and O–H groups in total. The van der Waals surface area contributed by atoms with Crippen molar-refractivity contribution < 1.29 is 23.9 Å². The first-order valence-corrected chi connectivity index (χ1v) is 12.0. The van der Waals surface area contributed by atoms with Crippen LogP contribution >= 0.6 is 0 Å². The summed E-state index contributed by atoms with van der Waals surface area (Å²) in [7, 11) is 0. The maximum atomic E-state index is 12.6. The third kappa shape index (κ3) is 10.4. The Balaban J connectivity index is 2.44. The first-order valence-electron chi connectivity index (χ1n) is 12.0. The van der Waals surface area contributed by atoms with Gasteiger partial charge in [0.15, 0.2) is 0 Å². The average Bonchev–Trinajstić information content (AvgIpc) is 2.71. The summed E-state index contributed by atoms with van der Waals surface area (Å²) in [5, 5.41) is 2.58. The molecule has 174 valence electrons. The third-order valence-electron chi connectivity index (χ3n) is 5.87. The second-order valence-corrected chi connectivity index (χ2v) is 9.14. The molecule has 1 saturated heterocycles. The highest BCUT2D eigenvalue weighted by molar-refractivity contribution is 5.79. The van der Waals surface area contributed by atoms with Crippen LogP contribution in [0.1, 0.15) is 105 Å². The third-order valence-corrected chi connectivity index (χ3v) is 5.87. The van der Waals surface area contributed by atoms with E-state index >= 15 is 0 Å². The molecule has 1 aliphatic rings. The van der Waals surface area contributed by atoms with Crippen LogP contribution in [0.5, 0.6) is 0 Å². The van der Waals surface area contributed by atoms with E-state index in [0.29, 0.717) is 19.3 Å². The number of cyclic esters (lactones) is 1. The molecule has 0 aromatic heterocycles. The Labute approximate surface area is 182 Å². The van der Waals surface area contributed by atoms with Crippen LogP contribution in [-0.2, 0) is 23.9 Å². The normalized spacial score (nSPS) is 20.2. The van der Waals surface area contributed by atoms with Crippen molar-refractivity contribution in [1.29, 1.82) is 0 Å². The average molecular weight is 426 g/mol. The SMILES string of the molecule is CCCCCCCCCCC[C@@H](CC1OC(=O)C1C)OC(=O)[C@H](CC(C)C)NC=O. The van der Waals surface area contributed by atoms with E-state index in [9.17, 15) is 14.4 Å². The molecule has 0 spiro atoms. The Morgan fingerprint density at radius 1 is 1.10 bits per heavy atom. The van der Waals surface area contributed by atoms with Crippen LogP contribution in [0.2, 0.25) is 0 Å². The minimum absolute atomic E-state index is 0.145. The summed E-state index contributed by atoms with van der Waals surface area (Å²) in [6, 6.07) is -0.630. The lowest BCUT2D eigenvalue weighted by Crippen LogP contribution is -2.46. The quantitative estimate of drug-likeness (QED) is 0.191. The predicted octanol–water partition coefficient (Wildman–Crippen LogP) is 4.93. The van der Waals surface area contributed by atoms with E-state index in [2.05, 4.69) is 12.2 Å². The molecule has 1 aliphatic heterocycles. The molecule has 4 atom stereocenters. The lowest BCUT2D eigenvalue weighted by molar-refractivity contribution is -0.187. The maximum Gasteiger partial charge on any atom is 0.328 e. The van der Waals surface area contributed by atoms with Gasteiger partial charge in [-0.1, -0.05) is 72.1 Å². The van der Waals surface area contributed by atoms with Gasteiger partial charge in [-0.05, 0) is 32.1 Å². The van der Waals surface area contributed by atoms with E-state index in [-0.39, 0.29) is 30.0 Å². The Kier molecular flexibility index (Phi) is 13.4. The zero-order valence-electron chi connectivity index (χ0n) is 19.5. The highest BCUT2D eigenvalue weighted by atomic mass is 16.6. The number of nitrogens with one attached hydrogen (secondary N) is 1. The molecule has 0 aromatic rings. The van der Waals surface area contributed by atoms with E-state index in [1.54, 1.807) is 0 Å². The van der Waals surface area contributed by atoms with Gasteiger partial charge in [0.2, 0.25) is 6.41 Å². The molecule has 0 saturated carbocycles. The first kappa shape index (κ1) is 26.4. The molecule has 0 aromatic carbocycles. The van der Waals surface area contributed by atoms with Crippen molar-refractivity contribution in [3.63, 3.8) is 0 Å². The Morgan fingerprint density at radius 3 is 2.20 bits per heavy atom. The number of carbonyl (C=O) groups excluding carboxylic acids is 3. The molecule has 0 radical (unpaired) electrons. The number of hydrogen-bond acceptors (Lipinski definition) is 5. The number of esters is 2. The highest BCUT2D eigenvalue weighted by Gasteiger charge is 2.40. The monoisotopic (exact) mass is 425 g/mol. The van der Waals surface area contributed by atoms with E-state index in [4.69, 9.17) is 9.47 Å². The minimum atomic E-state index is -0.630. The smallest absolute Gasteiger partial charge is 0.328 e. The topological polar surface area (TPSA) is 81.7 Å². The highest BCUT2D eigenvalue weighted by Crippen LogP contribution is 2.28. The lowest BCUT2D eigenvalue weighted by atomic mass is 9.92. The Bertz CT molecular complexity index is 508. The molecular weight excluding hydrogens is 382 g/mol. The van der Waals surface area contributed by atoms with Gasteiger partial charge < -0.3 is 14.8 Å². The summed E-state index contributed by atoms with van der Waals surface area (Å²) in [6.45, 7) is 8.09. The number of amides is 1. The molecule has 6 heteroatoms. The van der Waals surface area contributed by atoms with E-state index in [0.717, 1.165) is 19.3 Å². The van der Waals surface area contributed by atoms with Crippen LogP contribution in [0.4, 0.5) is 0 Å². The standard InChI is InChI=1S/C24H43NO5/c1-5-6-7-8-9-10-11-12-13-14-20(16-22-19(4)23(27)30-22)29-24(28)21(25-17-26)15-18(2)3/h17-22H,5-16H2,1-4H3,(H,25,26)/t19?,20-,21-,22?/m0/s1. The van der Waals surface area contributed by atoms with Crippen molar-refractivity contribution in [3.05, 3.63) is 0 Å². The number of hydrogen-bond donors (Lipinski definition) is 1. The molecule has 1 heterocycles. The number of unbranched alkanes of at least 4 members (excludes halogenated alkanes) is 8.